The zero-order chi connectivity index (χ0) is 21.3. The van der Waals surface area contributed by atoms with Gasteiger partial charge < -0.3 is 26.6 Å². The van der Waals surface area contributed by atoms with Gasteiger partial charge in [-0.1, -0.05) is 12.8 Å². The number of rotatable bonds is 8. The van der Waals surface area contributed by atoms with Crippen molar-refractivity contribution >= 4 is 38.3 Å². The van der Waals surface area contributed by atoms with Crippen LogP contribution >= 0.6 is 7.82 Å². The third-order valence-electron chi connectivity index (χ3n) is 5.14. The van der Waals surface area contributed by atoms with Gasteiger partial charge in [-0.25, -0.2) is 9.88 Å². The number of ether oxygens (including phenoxy) is 1. The maximum Gasteiger partial charge on any atom is 0.488 e. The molecule has 12 nitrogen and oxygen atoms in total. The summed E-state index contributed by atoms with van der Waals surface area (Å²) in [5, 5.41) is 13.9. The number of hydrogen-bond acceptors (Lipinski definition) is 11. The van der Waals surface area contributed by atoms with Crippen LogP contribution in [-0.2, 0) is 13.8 Å². The summed E-state index contributed by atoms with van der Waals surface area (Å²) < 4.78 is 17.9. The van der Waals surface area contributed by atoms with Gasteiger partial charge in [-0.2, -0.15) is 19.0 Å². The van der Waals surface area contributed by atoms with Gasteiger partial charge in [-0.3, -0.25) is 4.57 Å². The van der Waals surface area contributed by atoms with E-state index in [0.29, 0.717) is 30.2 Å². The van der Waals surface area contributed by atoms with Gasteiger partial charge in [0.2, 0.25) is 5.95 Å². The summed E-state index contributed by atoms with van der Waals surface area (Å²) in [4.78, 5) is 22.9. The van der Waals surface area contributed by atoms with Crippen LogP contribution in [0.4, 0.5) is 11.8 Å². The van der Waals surface area contributed by atoms with Crippen LogP contribution < -0.4 is 16.8 Å². The number of aromatic nitrogens is 4. The van der Waals surface area contributed by atoms with Gasteiger partial charge >= 0.3 is 15.4 Å². The SMILES string of the molecule is [B][P+]1(O)OC[C@H]2O[C@@H](n3cnc4c(N)nc(NCCCCCCN)nc43)C(O)[C@H]2O1. The molecule has 2 radical (unpaired) electrons. The smallest absolute Gasteiger partial charge is 0.385 e. The first-order valence-corrected chi connectivity index (χ1v) is 11.5. The first kappa shape index (κ1) is 21.6. The standard InChI is InChI=1S/C16H26BN7O5P/c17-30(26)27-7-9-12(29-30)11(25)15(28-9)24-8-21-10-13(19)22-16(23-14(10)24)20-6-4-2-1-3-5-18/h8-9,11-12,15,25-26H,1-7,18H2,(H3,19,20,22,23)/q+1/t9-,11?,12+,15-,30?/m1/s1. The normalized spacial score (nSPS) is 31.2. The summed E-state index contributed by atoms with van der Waals surface area (Å²) in [6.07, 6.45) is 2.21. The van der Waals surface area contributed by atoms with E-state index in [1.165, 1.54) is 6.33 Å². The number of nitrogens with two attached hydrogens (primary N) is 2. The molecule has 162 valence electrons. The van der Waals surface area contributed by atoms with Gasteiger partial charge in [0.15, 0.2) is 23.8 Å². The Morgan fingerprint density at radius 2 is 2.10 bits per heavy atom. The minimum Gasteiger partial charge on any atom is -0.385 e. The molecule has 14 heteroatoms. The van der Waals surface area contributed by atoms with Crippen LogP contribution in [0.5, 0.6) is 0 Å². The second kappa shape index (κ2) is 8.87. The van der Waals surface area contributed by atoms with Crippen LogP contribution in [0, 0.1) is 0 Å². The van der Waals surface area contributed by atoms with Crippen molar-refractivity contribution in [1.82, 2.24) is 19.5 Å². The summed E-state index contributed by atoms with van der Waals surface area (Å²) >= 11 is 0. The third kappa shape index (κ3) is 4.38. The molecule has 2 aliphatic rings. The molecule has 2 aromatic rings. The lowest BCUT2D eigenvalue weighted by atomic mass is 10.1. The Morgan fingerprint density at radius 1 is 1.30 bits per heavy atom. The monoisotopic (exact) mass is 438 g/mol. The van der Waals surface area contributed by atoms with Gasteiger partial charge in [0.1, 0.15) is 24.3 Å². The van der Waals surface area contributed by atoms with E-state index < -0.39 is 32.4 Å². The van der Waals surface area contributed by atoms with Gasteiger partial charge in [0.05, 0.1) is 6.33 Å². The molecule has 0 amide bonds. The van der Waals surface area contributed by atoms with Crippen molar-refractivity contribution in [1.29, 1.82) is 0 Å². The van der Waals surface area contributed by atoms with Crippen molar-refractivity contribution in [2.24, 2.45) is 5.73 Å². The van der Waals surface area contributed by atoms with Crippen LogP contribution in [0.3, 0.4) is 0 Å². The number of fused-ring (bicyclic) bond motifs is 2. The Labute approximate surface area is 175 Å². The molecule has 4 rings (SSSR count). The first-order chi connectivity index (χ1) is 14.4. The molecule has 0 aliphatic carbocycles. The third-order valence-corrected chi connectivity index (χ3v) is 6.21. The van der Waals surface area contributed by atoms with Crippen LogP contribution in [0.1, 0.15) is 31.9 Å². The quantitative estimate of drug-likeness (QED) is 0.211. The molecular formula is C16H26BN7O5P+. The van der Waals surface area contributed by atoms with Crippen molar-refractivity contribution in [3.05, 3.63) is 6.33 Å². The molecule has 0 aromatic carbocycles. The van der Waals surface area contributed by atoms with Crippen molar-refractivity contribution in [2.45, 2.75) is 50.2 Å². The number of aliphatic hydroxyl groups is 1. The maximum atomic E-state index is 10.7. The van der Waals surface area contributed by atoms with E-state index in [4.69, 9.17) is 32.8 Å². The van der Waals surface area contributed by atoms with Crippen molar-refractivity contribution in [3.8, 4) is 0 Å². The van der Waals surface area contributed by atoms with Crippen LogP contribution in [0.15, 0.2) is 6.33 Å². The van der Waals surface area contributed by atoms with E-state index in [1.807, 2.05) is 0 Å². The van der Waals surface area contributed by atoms with Crippen molar-refractivity contribution < 1.29 is 23.8 Å². The number of nitrogens with zero attached hydrogens (tertiary/aromatic N) is 4. The minimum absolute atomic E-state index is 0.0136. The lowest BCUT2D eigenvalue weighted by molar-refractivity contribution is -0.0603. The fraction of sp³-hybridized carbons (Fsp3) is 0.688. The topological polar surface area (TPSA) is 176 Å². The maximum absolute atomic E-state index is 10.7. The summed E-state index contributed by atoms with van der Waals surface area (Å²) in [5.74, 6) is 0.587. The molecule has 2 fully saturated rings. The Hall–Kier alpha value is -1.60. The summed E-state index contributed by atoms with van der Waals surface area (Å²) in [7, 11) is 2.10. The molecule has 30 heavy (non-hydrogen) atoms. The number of unbranched alkanes of at least 4 members (excludes halogenated alkanes) is 3. The molecule has 2 aromatic heterocycles. The fourth-order valence-electron chi connectivity index (χ4n) is 3.63. The molecule has 2 unspecified atom stereocenters. The highest BCUT2D eigenvalue weighted by Crippen LogP contribution is 2.58. The van der Waals surface area contributed by atoms with Crippen molar-refractivity contribution in [2.75, 3.05) is 30.7 Å². The van der Waals surface area contributed by atoms with E-state index in [2.05, 4.69) is 20.3 Å². The Bertz CT molecular complexity index is 887. The first-order valence-electron chi connectivity index (χ1n) is 9.90. The largest absolute Gasteiger partial charge is 0.488 e. The minimum atomic E-state index is -3.46. The summed E-state index contributed by atoms with van der Waals surface area (Å²) in [6, 6.07) is 0. The zero-order valence-corrected chi connectivity index (χ0v) is 17.3. The number of anilines is 2. The molecule has 0 saturated carbocycles. The van der Waals surface area contributed by atoms with E-state index in [9.17, 15) is 10.00 Å². The number of imidazole rings is 1. The Kier molecular flexibility index (Phi) is 6.40. The van der Waals surface area contributed by atoms with E-state index >= 15 is 0 Å². The summed E-state index contributed by atoms with van der Waals surface area (Å²) in [5.41, 5.74) is 12.4. The van der Waals surface area contributed by atoms with Crippen molar-refractivity contribution in [3.63, 3.8) is 0 Å². The number of nitrogens with one attached hydrogen (secondary N) is 1. The molecule has 0 bridgehead atoms. The van der Waals surface area contributed by atoms with Gasteiger partial charge in [0, 0.05) is 6.54 Å². The second-order valence-electron chi connectivity index (χ2n) is 7.37. The fourth-order valence-corrected chi connectivity index (χ4v) is 4.66. The number of nitrogen functional groups attached to an aromatic ring is 1. The predicted octanol–water partition coefficient (Wildman–Crippen LogP) is -0.148. The highest BCUT2D eigenvalue weighted by atomic mass is 31.2. The molecule has 2 aliphatic heterocycles. The van der Waals surface area contributed by atoms with Crippen LogP contribution in [0.25, 0.3) is 11.2 Å². The lowest BCUT2D eigenvalue weighted by Crippen LogP contribution is -2.40. The van der Waals surface area contributed by atoms with Gasteiger partial charge in [-0.05, 0) is 19.4 Å². The number of aliphatic hydroxyl groups excluding tert-OH is 1. The molecule has 0 spiro atoms. The van der Waals surface area contributed by atoms with E-state index in [1.54, 1.807) is 4.57 Å². The molecule has 2 saturated heterocycles. The van der Waals surface area contributed by atoms with Gasteiger partial charge in [-0.15, -0.1) is 0 Å². The zero-order valence-electron chi connectivity index (χ0n) is 16.4. The lowest BCUT2D eigenvalue weighted by Gasteiger charge is -2.27. The highest BCUT2D eigenvalue weighted by molar-refractivity contribution is 7.85. The molecule has 5 atom stereocenters. The Morgan fingerprint density at radius 3 is 2.90 bits per heavy atom. The molecular weight excluding hydrogens is 412 g/mol. The second-order valence-corrected chi connectivity index (χ2v) is 8.97. The Balaban J connectivity index is 1.50. The average molecular weight is 438 g/mol. The highest BCUT2D eigenvalue weighted by Gasteiger charge is 2.57. The van der Waals surface area contributed by atoms with Crippen LogP contribution in [0.2, 0.25) is 0 Å². The molecule has 7 N–H and O–H groups in total. The average Bonchev–Trinajstić information content (AvgIpc) is 3.25. The molecule has 4 heterocycles. The van der Waals surface area contributed by atoms with E-state index in [0.717, 1.165) is 25.7 Å². The van der Waals surface area contributed by atoms with Crippen LogP contribution in [-0.4, -0.2) is 75.1 Å². The predicted molar refractivity (Wildman–Crippen MR) is 111 cm³/mol. The van der Waals surface area contributed by atoms with Gasteiger partial charge in [0.25, 0.3) is 0 Å². The number of hydrogen-bond donors (Lipinski definition) is 5. The van der Waals surface area contributed by atoms with E-state index in [-0.39, 0.29) is 12.4 Å². The summed E-state index contributed by atoms with van der Waals surface area (Å²) in [6.45, 7) is 1.41.